The third kappa shape index (κ3) is 2.85. The van der Waals surface area contributed by atoms with Gasteiger partial charge in [0.15, 0.2) is 0 Å². The normalized spacial score (nSPS) is 19.1. The van der Waals surface area contributed by atoms with Crippen molar-refractivity contribution in [2.24, 2.45) is 0 Å². The Kier molecular flexibility index (Phi) is 3.88. The Balaban J connectivity index is 1.45. The van der Waals surface area contributed by atoms with E-state index in [1.165, 1.54) is 27.2 Å². The lowest BCUT2D eigenvalue weighted by atomic mass is 9.91. The van der Waals surface area contributed by atoms with Gasteiger partial charge in [0.25, 0.3) is 5.91 Å². The topological polar surface area (TPSA) is 106 Å². The molecule has 1 aliphatic heterocycles. The summed E-state index contributed by atoms with van der Waals surface area (Å²) >= 11 is 1.47. The molecule has 0 bridgehead atoms. The molecule has 1 fully saturated rings. The number of tetrazole rings is 1. The van der Waals surface area contributed by atoms with E-state index < -0.39 is 11.6 Å². The lowest BCUT2D eigenvalue weighted by Gasteiger charge is -2.22. The number of urea groups is 1. The number of para-hydroxylation sites is 1. The molecule has 0 saturated carbocycles. The molecule has 0 aliphatic carbocycles. The average Bonchev–Trinajstić information content (AvgIpc) is 3.44. The van der Waals surface area contributed by atoms with Crippen molar-refractivity contribution in [2.75, 3.05) is 0 Å². The lowest BCUT2D eigenvalue weighted by Crippen LogP contribution is -2.40. The van der Waals surface area contributed by atoms with Crippen LogP contribution in [0.2, 0.25) is 0 Å². The van der Waals surface area contributed by atoms with Crippen LogP contribution >= 0.6 is 11.3 Å². The first-order valence-electron chi connectivity index (χ1n) is 8.87. The van der Waals surface area contributed by atoms with Gasteiger partial charge in [-0.15, -0.1) is 16.4 Å². The van der Waals surface area contributed by atoms with Gasteiger partial charge < -0.3 is 5.32 Å². The van der Waals surface area contributed by atoms with E-state index in [-0.39, 0.29) is 12.5 Å². The summed E-state index contributed by atoms with van der Waals surface area (Å²) in [5.41, 5.74) is 1.02. The molecule has 1 N–H and O–H groups in total. The molecule has 5 rings (SSSR count). The number of benzene rings is 2. The van der Waals surface area contributed by atoms with Crippen molar-refractivity contribution in [1.82, 2.24) is 35.4 Å². The quantitative estimate of drug-likeness (QED) is 0.522. The highest BCUT2D eigenvalue weighted by atomic mass is 32.1. The number of nitrogens with one attached hydrogen (secondary N) is 1. The summed E-state index contributed by atoms with van der Waals surface area (Å²) in [5.74, 6) is -0.323. The van der Waals surface area contributed by atoms with Gasteiger partial charge in [-0.05, 0) is 47.2 Å². The first-order chi connectivity index (χ1) is 14.0. The second-order valence-electron chi connectivity index (χ2n) is 6.83. The SMILES string of the molecule is C[C@@]1(c2cccc(-n3cnnn3)c2)NC(=O)N(Cc2nc3ccccc3s2)C1=O. The number of carbonyl (C=O) groups is 2. The number of hydrogen-bond donors (Lipinski definition) is 1. The molecule has 1 aliphatic rings. The summed E-state index contributed by atoms with van der Waals surface area (Å²) in [4.78, 5) is 31.6. The van der Waals surface area contributed by atoms with Gasteiger partial charge >= 0.3 is 6.03 Å². The molecule has 4 aromatic rings. The van der Waals surface area contributed by atoms with Crippen LogP contribution in [0.25, 0.3) is 15.9 Å². The standard InChI is InChI=1S/C19H15N7O2S/c1-19(12-5-4-6-13(9-12)26-11-20-23-24-26)17(27)25(18(28)22-19)10-16-21-14-7-2-3-8-15(14)29-16/h2-9,11H,10H2,1H3,(H,22,28)/t19-/m0/s1. The highest BCUT2D eigenvalue weighted by Crippen LogP contribution is 2.32. The number of hydrogen-bond acceptors (Lipinski definition) is 7. The maximum atomic E-state index is 13.2. The second kappa shape index (κ2) is 6.45. The Hall–Kier alpha value is -3.66. The minimum Gasteiger partial charge on any atom is -0.319 e. The number of nitrogens with zero attached hydrogens (tertiary/aromatic N) is 6. The zero-order valence-corrected chi connectivity index (χ0v) is 16.1. The predicted octanol–water partition coefficient (Wildman–Crippen LogP) is 2.24. The maximum absolute atomic E-state index is 13.2. The van der Waals surface area contributed by atoms with E-state index in [0.29, 0.717) is 16.3 Å². The van der Waals surface area contributed by atoms with Gasteiger partial charge in [-0.1, -0.05) is 24.3 Å². The molecule has 10 heteroatoms. The second-order valence-corrected chi connectivity index (χ2v) is 7.94. The van der Waals surface area contributed by atoms with Gasteiger partial charge in [-0.3, -0.25) is 9.69 Å². The molecular formula is C19H15N7O2S. The van der Waals surface area contributed by atoms with Crippen LogP contribution in [-0.4, -0.2) is 42.0 Å². The number of carbonyl (C=O) groups excluding carboxylic acids is 2. The van der Waals surface area contributed by atoms with Crippen molar-refractivity contribution in [3.8, 4) is 5.69 Å². The van der Waals surface area contributed by atoms with Crippen LogP contribution in [0.1, 0.15) is 17.5 Å². The number of rotatable bonds is 4. The van der Waals surface area contributed by atoms with Gasteiger partial charge in [0.1, 0.15) is 16.9 Å². The fourth-order valence-electron chi connectivity index (χ4n) is 3.40. The third-order valence-electron chi connectivity index (χ3n) is 4.94. The Labute approximate surface area is 169 Å². The van der Waals surface area contributed by atoms with Gasteiger partial charge in [0, 0.05) is 0 Å². The minimum absolute atomic E-state index is 0.131. The van der Waals surface area contributed by atoms with Crippen LogP contribution in [-0.2, 0) is 16.9 Å². The van der Waals surface area contributed by atoms with Crippen molar-refractivity contribution in [3.05, 3.63) is 65.4 Å². The maximum Gasteiger partial charge on any atom is 0.325 e. The van der Waals surface area contributed by atoms with Crippen LogP contribution in [0.15, 0.2) is 54.9 Å². The fourth-order valence-corrected chi connectivity index (χ4v) is 4.35. The van der Waals surface area contributed by atoms with E-state index in [9.17, 15) is 9.59 Å². The number of aromatic nitrogens is 5. The van der Waals surface area contributed by atoms with Gasteiger partial charge in [-0.25, -0.2) is 14.5 Å². The summed E-state index contributed by atoms with van der Waals surface area (Å²) in [5, 5.41) is 14.7. The number of thiazole rings is 1. The molecule has 29 heavy (non-hydrogen) atoms. The van der Waals surface area contributed by atoms with E-state index in [0.717, 1.165) is 10.2 Å². The molecule has 3 heterocycles. The Bertz CT molecular complexity index is 1200. The number of imide groups is 1. The predicted molar refractivity (Wildman–Crippen MR) is 105 cm³/mol. The van der Waals surface area contributed by atoms with Crippen molar-refractivity contribution >= 4 is 33.5 Å². The minimum atomic E-state index is -1.18. The van der Waals surface area contributed by atoms with Crippen LogP contribution in [0.4, 0.5) is 4.79 Å². The molecular weight excluding hydrogens is 390 g/mol. The monoisotopic (exact) mass is 405 g/mol. The zero-order valence-electron chi connectivity index (χ0n) is 15.3. The van der Waals surface area contributed by atoms with E-state index in [4.69, 9.17) is 0 Å². The molecule has 144 valence electrons. The van der Waals surface area contributed by atoms with Crippen molar-refractivity contribution in [1.29, 1.82) is 0 Å². The van der Waals surface area contributed by atoms with Crippen molar-refractivity contribution < 1.29 is 9.59 Å². The van der Waals surface area contributed by atoms with Gasteiger partial charge in [-0.2, -0.15) is 0 Å². The lowest BCUT2D eigenvalue weighted by molar-refractivity contribution is -0.131. The molecule has 2 aromatic heterocycles. The number of amides is 3. The van der Waals surface area contributed by atoms with E-state index in [1.807, 2.05) is 30.3 Å². The fraction of sp³-hybridized carbons (Fsp3) is 0.158. The van der Waals surface area contributed by atoms with E-state index >= 15 is 0 Å². The highest BCUT2D eigenvalue weighted by Gasteiger charge is 2.49. The van der Waals surface area contributed by atoms with Crippen molar-refractivity contribution in [3.63, 3.8) is 0 Å². The van der Waals surface area contributed by atoms with E-state index in [1.54, 1.807) is 25.1 Å². The first-order valence-corrected chi connectivity index (χ1v) is 9.69. The first kappa shape index (κ1) is 17.4. The van der Waals surface area contributed by atoms with Crippen molar-refractivity contribution in [2.45, 2.75) is 19.0 Å². The van der Waals surface area contributed by atoms with Crippen LogP contribution in [0, 0.1) is 0 Å². The Morgan fingerprint density at radius 2 is 2.00 bits per heavy atom. The summed E-state index contributed by atoms with van der Waals surface area (Å²) < 4.78 is 2.51. The van der Waals surface area contributed by atoms with Crippen LogP contribution in [0.5, 0.6) is 0 Å². The zero-order chi connectivity index (χ0) is 20.0. The smallest absolute Gasteiger partial charge is 0.319 e. The molecule has 1 atom stereocenters. The number of fused-ring (bicyclic) bond motifs is 1. The highest BCUT2D eigenvalue weighted by molar-refractivity contribution is 7.18. The molecule has 0 unspecified atom stereocenters. The van der Waals surface area contributed by atoms with Crippen LogP contribution < -0.4 is 5.32 Å². The average molecular weight is 405 g/mol. The summed E-state index contributed by atoms with van der Waals surface area (Å²) in [6.07, 6.45) is 1.47. The molecule has 1 saturated heterocycles. The summed E-state index contributed by atoms with van der Waals surface area (Å²) in [6.45, 7) is 1.83. The molecule has 0 radical (unpaired) electrons. The molecule has 2 aromatic carbocycles. The van der Waals surface area contributed by atoms with Gasteiger partial charge in [0.2, 0.25) is 0 Å². The summed E-state index contributed by atoms with van der Waals surface area (Å²) in [6, 6.07) is 14.5. The summed E-state index contributed by atoms with van der Waals surface area (Å²) in [7, 11) is 0. The largest absolute Gasteiger partial charge is 0.325 e. The van der Waals surface area contributed by atoms with Crippen LogP contribution in [0.3, 0.4) is 0 Å². The Morgan fingerprint density at radius 1 is 1.14 bits per heavy atom. The molecule has 3 amide bonds. The molecule has 0 spiro atoms. The third-order valence-corrected chi connectivity index (χ3v) is 5.96. The Morgan fingerprint density at radius 3 is 2.79 bits per heavy atom. The van der Waals surface area contributed by atoms with E-state index in [2.05, 4.69) is 25.8 Å². The van der Waals surface area contributed by atoms with Gasteiger partial charge in [0.05, 0.1) is 22.4 Å². The molecule has 9 nitrogen and oxygen atoms in total.